The molecule has 0 aliphatic carbocycles. The summed E-state index contributed by atoms with van der Waals surface area (Å²) in [6, 6.07) is 0.302. The standard InChI is InChI=1S/C10H14N4S2/c1-7(9-13-4-5-15-9)12-3-2-8-6-16-10(11)14-8/h4-7,12H,2-3H2,1H3,(H2,11,14). The second-order valence-corrected chi connectivity index (χ2v) is 5.29. The van der Waals surface area contributed by atoms with Crippen LogP contribution in [0.3, 0.4) is 0 Å². The van der Waals surface area contributed by atoms with Gasteiger partial charge in [-0.15, -0.1) is 22.7 Å². The van der Waals surface area contributed by atoms with Gasteiger partial charge in [-0.3, -0.25) is 0 Å². The predicted molar refractivity (Wildman–Crippen MR) is 68.8 cm³/mol. The Hall–Kier alpha value is -0.980. The normalized spacial score (nSPS) is 12.8. The number of nitrogen functional groups attached to an aromatic ring is 1. The van der Waals surface area contributed by atoms with Crippen LogP contribution in [0.1, 0.15) is 23.7 Å². The van der Waals surface area contributed by atoms with Gasteiger partial charge >= 0.3 is 0 Å². The maximum atomic E-state index is 5.57. The van der Waals surface area contributed by atoms with Crippen LogP contribution in [0.4, 0.5) is 5.13 Å². The zero-order valence-electron chi connectivity index (χ0n) is 9.01. The van der Waals surface area contributed by atoms with E-state index in [1.54, 1.807) is 11.3 Å². The summed E-state index contributed by atoms with van der Waals surface area (Å²) >= 11 is 3.16. The molecule has 16 heavy (non-hydrogen) atoms. The Morgan fingerprint density at radius 1 is 1.50 bits per heavy atom. The molecule has 0 aromatic carbocycles. The molecule has 0 aliphatic heterocycles. The fourth-order valence-electron chi connectivity index (χ4n) is 1.39. The molecular weight excluding hydrogens is 240 g/mol. The molecule has 0 spiro atoms. The highest BCUT2D eigenvalue weighted by Gasteiger charge is 2.07. The number of hydrogen-bond acceptors (Lipinski definition) is 6. The third-order valence-corrected chi connectivity index (χ3v) is 3.90. The first-order chi connectivity index (χ1) is 7.75. The lowest BCUT2D eigenvalue weighted by Gasteiger charge is -2.09. The van der Waals surface area contributed by atoms with E-state index >= 15 is 0 Å². The molecule has 6 heteroatoms. The van der Waals surface area contributed by atoms with Crippen LogP contribution in [0.5, 0.6) is 0 Å². The molecule has 2 aromatic rings. The van der Waals surface area contributed by atoms with E-state index in [0.717, 1.165) is 23.7 Å². The van der Waals surface area contributed by atoms with Crippen molar-refractivity contribution in [3.05, 3.63) is 27.7 Å². The number of nitrogens with zero attached hydrogens (tertiary/aromatic N) is 2. The van der Waals surface area contributed by atoms with Gasteiger partial charge in [0, 0.05) is 29.9 Å². The highest BCUT2D eigenvalue weighted by molar-refractivity contribution is 7.13. The fraction of sp³-hybridized carbons (Fsp3) is 0.400. The first kappa shape index (κ1) is 11.5. The summed E-state index contributed by atoms with van der Waals surface area (Å²) in [4.78, 5) is 8.48. The molecular formula is C10H14N4S2. The van der Waals surface area contributed by atoms with Crippen molar-refractivity contribution in [2.24, 2.45) is 0 Å². The smallest absolute Gasteiger partial charge is 0.180 e. The quantitative estimate of drug-likeness (QED) is 0.857. The number of anilines is 1. The van der Waals surface area contributed by atoms with Crippen LogP contribution in [0.2, 0.25) is 0 Å². The molecule has 2 rings (SSSR count). The molecule has 1 unspecified atom stereocenters. The lowest BCUT2D eigenvalue weighted by molar-refractivity contribution is 0.572. The highest BCUT2D eigenvalue weighted by atomic mass is 32.1. The molecule has 2 heterocycles. The molecule has 4 nitrogen and oxygen atoms in total. The summed E-state index contributed by atoms with van der Waals surface area (Å²) in [5.74, 6) is 0. The summed E-state index contributed by atoms with van der Waals surface area (Å²) in [6.45, 7) is 3.01. The molecule has 0 fully saturated rings. The molecule has 0 saturated heterocycles. The zero-order chi connectivity index (χ0) is 11.4. The number of rotatable bonds is 5. The third-order valence-electron chi connectivity index (χ3n) is 2.22. The number of nitrogens with one attached hydrogen (secondary N) is 1. The van der Waals surface area contributed by atoms with Crippen LogP contribution in [0, 0.1) is 0 Å². The Morgan fingerprint density at radius 2 is 2.38 bits per heavy atom. The van der Waals surface area contributed by atoms with Crippen molar-refractivity contribution in [2.45, 2.75) is 19.4 Å². The molecule has 0 amide bonds. The Labute approximate surface area is 103 Å². The highest BCUT2D eigenvalue weighted by Crippen LogP contribution is 2.15. The maximum Gasteiger partial charge on any atom is 0.180 e. The minimum absolute atomic E-state index is 0.302. The SMILES string of the molecule is CC(NCCc1csc(N)n1)c1nccs1. The molecule has 0 bridgehead atoms. The van der Waals surface area contributed by atoms with Crippen molar-refractivity contribution in [2.75, 3.05) is 12.3 Å². The van der Waals surface area contributed by atoms with Crippen molar-refractivity contribution in [1.29, 1.82) is 0 Å². The van der Waals surface area contributed by atoms with Crippen molar-refractivity contribution in [3.63, 3.8) is 0 Å². The monoisotopic (exact) mass is 254 g/mol. The average Bonchev–Trinajstić information content (AvgIpc) is 2.89. The van der Waals surface area contributed by atoms with E-state index in [1.807, 2.05) is 17.0 Å². The van der Waals surface area contributed by atoms with Gasteiger partial charge in [0.15, 0.2) is 5.13 Å². The van der Waals surface area contributed by atoms with Crippen LogP contribution in [0.15, 0.2) is 17.0 Å². The minimum atomic E-state index is 0.302. The van der Waals surface area contributed by atoms with E-state index in [2.05, 4.69) is 22.2 Å². The van der Waals surface area contributed by atoms with E-state index < -0.39 is 0 Å². The summed E-state index contributed by atoms with van der Waals surface area (Å²) in [5.41, 5.74) is 6.62. The van der Waals surface area contributed by atoms with Gasteiger partial charge in [-0.05, 0) is 6.92 Å². The van der Waals surface area contributed by atoms with Gasteiger partial charge in [0.25, 0.3) is 0 Å². The van der Waals surface area contributed by atoms with Crippen LogP contribution >= 0.6 is 22.7 Å². The number of thiazole rings is 2. The molecule has 0 saturated carbocycles. The zero-order valence-corrected chi connectivity index (χ0v) is 10.6. The van der Waals surface area contributed by atoms with Gasteiger partial charge < -0.3 is 11.1 Å². The molecule has 0 aliphatic rings. The Balaban J connectivity index is 1.76. The van der Waals surface area contributed by atoms with Gasteiger partial charge in [0.1, 0.15) is 5.01 Å². The number of nitrogens with two attached hydrogens (primary N) is 1. The van der Waals surface area contributed by atoms with E-state index in [1.165, 1.54) is 11.3 Å². The number of aromatic nitrogens is 2. The topological polar surface area (TPSA) is 63.8 Å². The van der Waals surface area contributed by atoms with Crippen LogP contribution in [-0.4, -0.2) is 16.5 Å². The average molecular weight is 254 g/mol. The Bertz CT molecular complexity index is 424. The van der Waals surface area contributed by atoms with Crippen molar-refractivity contribution < 1.29 is 0 Å². The minimum Gasteiger partial charge on any atom is -0.375 e. The fourth-order valence-corrected chi connectivity index (χ4v) is 2.66. The first-order valence-corrected chi connectivity index (χ1v) is 6.84. The predicted octanol–water partition coefficient (Wildman–Crippen LogP) is 2.08. The molecule has 1 atom stereocenters. The summed E-state index contributed by atoms with van der Waals surface area (Å²) in [6.07, 6.45) is 2.74. The van der Waals surface area contributed by atoms with Crippen LogP contribution in [0.25, 0.3) is 0 Å². The van der Waals surface area contributed by atoms with E-state index in [4.69, 9.17) is 5.73 Å². The molecule has 3 N–H and O–H groups in total. The summed E-state index contributed by atoms with van der Waals surface area (Å²) in [7, 11) is 0. The lowest BCUT2D eigenvalue weighted by atomic mass is 10.3. The largest absolute Gasteiger partial charge is 0.375 e. The Kier molecular flexibility index (Phi) is 3.87. The number of hydrogen-bond donors (Lipinski definition) is 2. The summed E-state index contributed by atoms with van der Waals surface area (Å²) in [5, 5.41) is 9.18. The second-order valence-electron chi connectivity index (χ2n) is 3.47. The molecule has 86 valence electrons. The van der Waals surface area contributed by atoms with Crippen molar-refractivity contribution >= 4 is 27.8 Å². The van der Waals surface area contributed by atoms with E-state index in [0.29, 0.717) is 11.2 Å². The molecule has 0 radical (unpaired) electrons. The molecule has 2 aromatic heterocycles. The van der Waals surface area contributed by atoms with Crippen molar-refractivity contribution in [1.82, 2.24) is 15.3 Å². The lowest BCUT2D eigenvalue weighted by Crippen LogP contribution is -2.21. The van der Waals surface area contributed by atoms with Gasteiger partial charge in [0.05, 0.1) is 11.7 Å². The van der Waals surface area contributed by atoms with E-state index in [-0.39, 0.29) is 0 Å². The van der Waals surface area contributed by atoms with Gasteiger partial charge in [-0.25, -0.2) is 9.97 Å². The second kappa shape index (κ2) is 5.38. The Morgan fingerprint density at radius 3 is 3.00 bits per heavy atom. The van der Waals surface area contributed by atoms with Gasteiger partial charge in [0.2, 0.25) is 0 Å². The summed E-state index contributed by atoms with van der Waals surface area (Å²) < 4.78 is 0. The van der Waals surface area contributed by atoms with Crippen LogP contribution in [-0.2, 0) is 6.42 Å². The maximum absolute atomic E-state index is 5.57. The third kappa shape index (κ3) is 3.01. The van der Waals surface area contributed by atoms with Crippen molar-refractivity contribution in [3.8, 4) is 0 Å². The van der Waals surface area contributed by atoms with Crippen LogP contribution < -0.4 is 11.1 Å². The first-order valence-electron chi connectivity index (χ1n) is 5.08. The van der Waals surface area contributed by atoms with E-state index in [9.17, 15) is 0 Å². The van der Waals surface area contributed by atoms with Gasteiger partial charge in [-0.2, -0.15) is 0 Å². The van der Waals surface area contributed by atoms with Gasteiger partial charge in [-0.1, -0.05) is 0 Å².